The van der Waals surface area contributed by atoms with Crippen molar-refractivity contribution in [2.45, 2.75) is 32.8 Å². The van der Waals surface area contributed by atoms with Gasteiger partial charge in [-0.3, -0.25) is 0 Å². The smallest absolute Gasteiger partial charge is 0.142 e. The van der Waals surface area contributed by atoms with Crippen molar-refractivity contribution in [2.24, 2.45) is 0 Å². The summed E-state index contributed by atoms with van der Waals surface area (Å²) in [4.78, 5) is 2.12. The summed E-state index contributed by atoms with van der Waals surface area (Å²) in [5.41, 5.74) is 12.5. The summed E-state index contributed by atoms with van der Waals surface area (Å²) in [6, 6.07) is 27.2. The fraction of sp³-hybridized carbons (Fsp3) is 0.571. The number of aryl methyl sites for hydroxylation is 3. The lowest BCUT2D eigenvalue weighted by Gasteiger charge is -2.35. The van der Waals surface area contributed by atoms with Crippen molar-refractivity contribution in [3.63, 3.8) is 0 Å². The number of fused-ring (bicyclic) bond motifs is 3. The molecule has 0 bridgehead atoms. The molecule has 1 aliphatic carbocycles. The van der Waals surface area contributed by atoms with Crippen molar-refractivity contribution in [1.29, 1.82) is 0 Å². The number of anilines is 1. The average molecular weight is 992 g/mol. The molecule has 394 valence electrons. The zero-order chi connectivity index (χ0) is 50.4. The van der Waals surface area contributed by atoms with Gasteiger partial charge in [0.25, 0.3) is 0 Å². The first-order valence-electron chi connectivity index (χ1n) is 25.0. The molecule has 0 saturated heterocycles. The Morgan fingerprint density at radius 1 is 0.423 bits per heavy atom. The molecule has 1 N–H and O–H groups in total. The molecule has 0 fully saturated rings. The van der Waals surface area contributed by atoms with E-state index in [-0.39, 0.29) is 6.61 Å². The van der Waals surface area contributed by atoms with E-state index in [1.54, 1.807) is 7.11 Å². The number of benzene rings is 4. The molecule has 0 radical (unpaired) electrons. The highest BCUT2D eigenvalue weighted by Crippen LogP contribution is 2.57. The van der Waals surface area contributed by atoms with Crippen molar-refractivity contribution in [1.82, 2.24) is 0 Å². The zero-order valence-electron chi connectivity index (χ0n) is 43.3. The first-order chi connectivity index (χ1) is 34.8. The minimum atomic E-state index is -0.592. The van der Waals surface area contributed by atoms with E-state index in [4.69, 9.17) is 66.7 Å². The minimum Gasteiger partial charge on any atom is -0.489 e. The number of hydrogen-bond donors (Lipinski definition) is 1. The van der Waals surface area contributed by atoms with Gasteiger partial charge in [0.15, 0.2) is 0 Å². The van der Waals surface area contributed by atoms with E-state index in [2.05, 4.69) is 113 Å². The van der Waals surface area contributed by atoms with Gasteiger partial charge in [0.05, 0.1) is 170 Å². The molecule has 1 aliphatic rings. The average Bonchev–Trinajstić information content (AvgIpc) is 3.64. The Morgan fingerprint density at radius 3 is 1.24 bits per heavy atom. The Morgan fingerprint density at radius 2 is 0.817 bits per heavy atom. The standard InChI is InChI=1S/C56H81NO14/c1-44-7-12-50-51-13-8-45(2)40-53(51)56(52(50)39-44,48-10-9-47(46(3)41-48)43-70-36-35-68-32-31-66-28-27-64-24-23-62-20-19-60-16-15-58)49-11-14-55(54(42-49)57(4)5)71-38-37-69-34-33-67-30-29-65-26-25-63-22-21-61-18-17-59-6/h7-14,39-42,58H,15-38,43H2,1-6H3. The molecular weight excluding hydrogens is 911 g/mol. The molecule has 4 aromatic rings. The summed E-state index contributed by atoms with van der Waals surface area (Å²) in [6.07, 6.45) is 0. The van der Waals surface area contributed by atoms with Gasteiger partial charge in [-0.05, 0) is 77.4 Å². The summed E-state index contributed by atoms with van der Waals surface area (Å²) >= 11 is 0. The lowest BCUT2D eigenvalue weighted by molar-refractivity contribution is -0.0190. The summed E-state index contributed by atoms with van der Waals surface area (Å²) in [5.74, 6) is 0.794. The van der Waals surface area contributed by atoms with Crippen LogP contribution in [0.5, 0.6) is 5.75 Å². The largest absolute Gasteiger partial charge is 0.489 e. The molecule has 4 aromatic carbocycles. The predicted octanol–water partition coefficient (Wildman–Crippen LogP) is 6.74. The quantitative estimate of drug-likeness (QED) is 0.0413. The Hall–Kier alpha value is -4.04. The van der Waals surface area contributed by atoms with Gasteiger partial charge in [-0.25, -0.2) is 0 Å². The Balaban J connectivity index is 1.13. The third-order valence-corrected chi connectivity index (χ3v) is 11.9. The van der Waals surface area contributed by atoms with Crippen molar-refractivity contribution >= 4 is 5.69 Å². The lowest BCUT2D eigenvalue weighted by Crippen LogP contribution is -2.29. The number of nitrogens with zero attached hydrogens (tertiary/aromatic N) is 1. The normalized spacial score (nSPS) is 12.7. The monoisotopic (exact) mass is 992 g/mol. The maximum Gasteiger partial charge on any atom is 0.142 e. The molecule has 0 atom stereocenters. The molecular formula is C56H81NO14. The molecule has 0 saturated carbocycles. The summed E-state index contributed by atoms with van der Waals surface area (Å²) in [6.45, 7) is 18.2. The Bertz CT molecular complexity index is 2030. The fourth-order valence-corrected chi connectivity index (χ4v) is 8.33. The third-order valence-electron chi connectivity index (χ3n) is 11.9. The van der Waals surface area contributed by atoms with Gasteiger partial charge in [0.2, 0.25) is 0 Å². The van der Waals surface area contributed by atoms with E-state index in [1.807, 2.05) is 0 Å². The molecule has 15 heteroatoms. The van der Waals surface area contributed by atoms with Crippen molar-refractivity contribution in [3.05, 3.63) is 117 Å². The molecule has 0 aliphatic heterocycles. The van der Waals surface area contributed by atoms with Crippen LogP contribution in [0.25, 0.3) is 11.1 Å². The molecule has 0 heterocycles. The van der Waals surface area contributed by atoms with Crippen LogP contribution < -0.4 is 9.64 Å². The van der Waals surface area contributed by atoms with Gasteiger partial charge in [-0.2, -0.15) is 0 Å². The van der Waals surface area contributed by atoms with Crippen molar-refractivity contribution in [3.8, 4) is 16.9 Å². The highest BCUT2D eigenvalue weighted by Gasteiger charge is 2.47. The van der Waals surface area contributed by atoms with E-state index in [1.165, 1.54) is 38.9 Å². The third kappa shape index (κ3) is 18.8. The lowest BCUT2D eigenvalue weighted by atomic mass is 9.67. The second kappa shape index (κ2) is 33.6. The highest BCUT2D eigenvalue weighted by molar-refractivity contribution is 5.87. The Labute approximate surface area is 422 Å². The van der Waals surface area contributed by atoms with Gasteiger partial charge in [0, 0.05) is 21.2 Å². The maximum absolute atomic E-state index is 8.71. The van der Waals surface area contributed by atoms with E-state index < -0.39 is 5.41 Å². The molecule has 5 rings (SSSR count). The van der Waals surface area contributed by atoms with Crippen LogP contribution >= 0.6 is 0 Å². The number of rotatable bonds is 41. The second-order valence-corrected chi connectivity index (χ2v) is 17.3. The SMILES string of the molecule is COCCOCCOCCOCCOCCOCCOc1ccc(C2(c3ccc(COCCOCCOCCOCCOCCOCCO)c(C)c3)c3cc(C)ccc3-c3ccc(C)cc32)cc1N(C)C. The van der Waals surface area contributed by atoms with Gasteiger partial charge >= 0.3 is 0 Å². The van der Waals surface area contributed by atoms with Gasteiger partial charge in [-0.1, -0.05) is 71.8 Å². The number of hydrogen-bond acceptors (Lipinski definition) is 15. The number of ether oxygens (including phenoxy) is 13. The Kier molecular flexibility index (Phi) is 27.4. The summed E-state index contributed by atoms with van der Waals surface area (Å²) < 4.78 is 73.0. The van der Waals surface area contributed by atoms with Crippen LogP contribution in [0, 0.1) is 20.8 Å². The first-order valence-corrected chi connectivity index (χ1v) is 25.0. The van der Waals surface area contributed by atoms with Crippen LogP contribution in [-0.2, 0) is 68.9 Å². The highest BCUT2D eigenvalue weighted by atomic mass is 16.6. The predicted molar refractivity (Wildman–Crippen MR) is 275 cm³/mol. The van der Waals surface area contributed by atoms with Crippen LogP contribution in [0.2, 0.25) is 0 Å². The minimum absolute atomic E-state index is 0.0164. The van der Waals surface area contributed by atoms with Crippen LogP contribution in [0.3, 0.4) is 0 Å². The van der Waals surface area contributed by atoms with Gasteiger partial charge < -0.3 is 71.6 Å². The van der Waals surface area contributed by atoms with E-state index in [0.29, 0.717) is 159 Å². The van der Waals surface area contributed by atoms with Crippen LogP contribution in [0.4, 0.5) is 5.69 Å². The van der Waals surface area contributed by atoms with Crippen LogP contribution in [-0.4, -0.2) is 185 Å². The topological polar surface area (TPSA) is 143 Å². The molecule has 0 spiro atoms. The van der Waals surface area contributed by atoms with E-state index in [0.717, 1.165) is 28.1 Å². The van der Waals surface area contributed by atoms with Crippen molar-refractivity contribution in [2.75, 3.05) is 185 Å². The summed E-state index contributed by atoms with van der Waals surface area (Å²) in [5, 5.41) is 8.71. The van der Waals surface area contributed by atoms with Gasteiger partial charge in [-0.15, -0.1) is 0 Å². The van der Waals surface area contributed by atoms with E-state index >= 15 is 0 Å². The van der Waals surface area contributed by atoms with Crippen molar-refractivity contribution < 1.29 is 66.7 Å². The van der Waals surface area contributed by atoms with E-state index in [9.17, 15) is 0 Å². The molecule has 0 unspecified atom stereocenters. The molecule has 0 amide bonds. The number of methoxy groups -OCH3 is 1. The van der Waals surface area contributed by atoms with Crippen LogP contribution in [0.15, 0.2) is 72.8 Å². The molecule has 0 aromatic heterocycles. The maximum atomic E-state index is 8.71. The fourth-order valence-electron chi connectivity index (χ4n) is 8.33. The molecule has 15 nitrogen and oxygen atoms in total. The second-order valence-electron chi connectivity index (χ2n) is 17.3. The number of aliphatic hydroxyl groups is 1. The van der Waals surface area contributed by atoms with Crippen LogP contribution in [0.1, 0.15) is 44.5 Å². The number of aliphatic hydroxyl groups excluding tert-OH is 1. The summed E-state index contributed by atoms with van der Waals surface area (Å²) in [7, 11) is 5.77. The zero-order valence-corrected chi connectivity index (χ0v) is 43.3. The first kappa shape index (κ1) is 57.9. The molecule has 71 heavy (non-hydrogen) atoms. The van der Waals surface area contributed by atoms with Gasteiger partial charge in [0.1, 0.15) is 12.4 Å².